The molecule has 1 N–H and O–H groups in total. The average Bonchev–Trinajstić information content (AvgIpc) is 2.17. The largest absolute Gasteiger partial charge is 0.469 e. The number of carbonyl (C=O) groups excluding carboxylic acids is 2. The third kappa shape index (κ3) is 4.46. The number of esters is 1. The van der Waals surface area contributed by atoms with Crippen LogP contribution in [0.15, 0.2) is 0 Å². The van der Waals surface area contributed by atoms with Gasteiger partial charge in [-0.15, -0.1) is 11.6 Å². The number of hydrogen-bond acceptors (Lipinski definition) is 3. The summed E-state index contributed by atoms with van der Waals surface area (Å²) in [5.74, 6) is -0.248. The SMILES string of the molecule is COC(=O)CCNC(=O)C(C)(C)CCl. The van der Waals surface area contributed by atoms with Crippen LogP contribution in [0.1, 0.15) is 20.3 Å². The van der Waals surface area contributed by atoms with Gasteiger partial charge in [0, 0.05) is 12.4 Å². The highest BCUT2D eigenvalue weighted by Crippen LogP contribution is 2.16. The molecule has 0 unspecified atom stereocenters. The van der Waals surface area contributed by atoms with E-state index in [-0.39, 0.29) is 30.7 Å². The van der Waals surface area contributed by atoms with Crippen LogP contribution in [0.5, 0.6) is 0 Å². The zero-order valence-corrected chi connectivity index (χ0v) is 9.48. The predicted octanol–water partition coefficient (Wildman–Crippen LogP) is 0.931. The van der Waals surface area contributed by atoms with Gasteiger partial charge in [0.05, 0.1) is 18.9 Å². The summed E-state index contributed by atoms with van der Waals surface area (Å²) in [4.78, 5) is 22.1. The van der Waals surface area contributed by atoms with Gasteiger partial charge < -0.3 is 10.1 Å². The molecule has 0 aromatic carbocycles. The zero-order chi connectivity index (χ0) is 11.2. The van der Waals surface area contributed by atoms with Crippen LogP contribution in [0.4, 0.5) is 0 Å². The standard InChI is InChI=1S/C9H16ClNO3/c1-9(2,6-10)8(13)11-5-4-7(12)14-3/h4-6H2,1-3H3,(H,11,13). The number of nitrogens with one attached hydrogen (secondary N) is 1. The van der Waals surface area contributed by atoms with Crippen LogP contribution in [-0.2, 0) is 14.3 Å². The first-order chi connectivity index (χ1) is 6.44. The Hall–Kier alpha value is -0.770. The third-order valence-electron chi connectivity index (χ3n) is 1.79. The van der Waals surface area contributed by atoms with Gasteiger partial charge in [-0.25, -0.2) is 0 Å². The fraction of sp³-hybridized carbons (Fsp3) is 0.778. The number of carbonyl (C=O) groups is 2. The first-order valence-corrected chi connectivity index (χ1v) is 4.88. The van der Waals surface area contributed by atoms with E-state index in [0.717, 1.165) is 0 Å². The fourth-order valence-electron chi connectivity index (χ4n) is 0.680. The van der Waals surface area contributed by atoms with Gasteiger partial charge in [-0.3, -0.25) is 9.59 Å². The molecule has 0 aromatic rings. The Balaban J connectivity index is 3.80. The maximum atomic E-state index is 11.4. The molecule has 4 nitrogen and oxygen atoms in total. The summed E-state index contributed by atoms with van der Waals surface area (Å²) >= 11 is 5.60. The van der Waals surface area contributed by atoms with Gasteiger partial charge in [0.25, 0.3) is 0 Å². The highest BCUT2D eigenvalue weighted by atomic mass is 35.5. The molecule has 0 aliphatic rings. The Kier molecular flexibility index (Phi) is 5.53. The number of hydrogen-bond donors (Lipinski definition) is 1. The quantitative estimate of drug-likeness (QED) is 0.555. The lowest BCUT2D eigenvalue weighted by Gasteiger charge is -2.19. The molecule has 14 heavy (non-hydrogen) atoms. The summed E-state index contributed by atoms with van der Waals surface area (Å²) in [6.07, 6.45) is 0.181. The first kappa shape index (κ1) is 13.2. The van der Waals surface area contributed by atoms with E-state index in [9.17, 15) is 9.59 Å². The minimum absolute atomic E-state index is 0.156. The van der Waals surface area contributed by atoms with E-state index in [1.54, 1.807) is 13.8 Å². The van der Waals surface area contributed by atoms with Crippen molar-refractivity contribution in [3.05, 3.63) is 0 Å². The summed E-state index contributed by atoms with van der Waals surface area (Å²) in [6, 6.07) is 0. The zero-order valence-electron chi connectivity index (χ0n) is 8.72. The average molecular weight is 222 g/mol. The monoisotopic (exact) mass is 221 g/mol. The van der Waals surface area contributed by atoms with Gasteiger partial charge in [0.15, 0.2) is 0 Å². The van der Waals surface area contributed by atoms with Gasteiger partial charge in [0.2, 0.25) is 5.91 Å². The van der Waals surface area contributed by atoms with Crippen molar-refractivity contribution in [2.45, 2.75) is 20.3 Å². The second kappa shape index (κ2) is 5.86. The Labute approximate surface area is 88.9 Å². The van der Waals surface area contributed by atoms with Crippen molar-refractivity contribution in [1.29, 1.82) is 0 Å². The summed E-state index contributed by atoms with van der Waals surface area (Å²) in [6.45, 7) is 3.77. The van der Waals surface area contributed by atoms with Gasteiger partial charge in [0.1, 0.15) is 0 Å². The number of amides is 1. The van der Waals surface area contributed by atoms with E-state index < -0.39 is 5.41 Å². The van der Waals surface area contributed by atoms with Crippen LogP contribution in [0.3, 0.4) is 0 Å². The Morgan fingerprint density at radius 2 is 2.00 bits per heavy atom. The van der Waals surface area contributed by atoms with Crippen molar-refractivity contribution in [2.24, 2.45) is 5.41 Å². The number of methoxy groups -OCH3 is 1. The summed E-state index contributed by atoms with van der Waals surface area (Å²) in [7, 11) is 1.31. The molecule has 0 atom stereocenters. The van der Waals surface area contributed by atoms with Gasteiger partial charge >= 0.3 is 5.97 Å². The number of ether oxygens (including phenoxy) is 1. The highest BCUT2D eigenvalue weighted by Gasteiger charge is 2.25. The second-order valence-corrected chi connectivity index (χ2v) is 3.87. The normalized spacial score (nSPS) is 10.9. The van der Waals surface area contributed by atoms with Crippen LogP contribution in [0, 0.1) is 5.41 Å². The van der Waals surface area contributed by atoms with E-state index in [1.165, 1.54) is 7.11 Å². The Morgan fingerprint density at radius 1 is 1.43 bits per heavy atom. The van der Waals surface area contributed by atoms with Crippen molar-refractivity contribution in [3.8, 4) is 0 Å². The fourth-order valence-corrected chi connectivity index (χ4v) is 0.801. The van der Waals surface area contributed by atoms with Crippen LogP contribution in [-0.4, -0.2) is 31.4 Å². The molecule has 0 fully saturated rings. The molecule has 0 saturated carbocycles. The van der Waals surface area contributed by atoms with Gasteiger partial charge in [-0.05, 0) is 13.8 Å². The second-order valence-electron chi connectivity index (χ2n) is 3.60. The van der Waals surface area contributed by atoms with Crippen molar-refractivity contribution in [2.75, 3.05) is 19.5 Å². The molecule has 0 aliphatic carbocycles. The Bertz CT molecular complexity index is 216. The minimum Gasteiger partial charge on any atom is -0.469 e. The molecule has 0 spiro atoms. The number of alkyl halides is 1. The summed E-state index contributed by atoms with van der Waals surface area (Å²) in [5, 5.41) is 2.61. The Morgan fingerprint density at radius 3 is 2.43 bits per heavy atom. The molecular formula is C9H16ClNO3. The van der Waals surface area contributed by atoms with Crippen LogP contribution < -0.4 is 5.32 Å². The van der Waals surface area contributed by atoms with E-state index in [0.29, 0.717) is 0 Å². The highest BCUT2D eigenvalue weighted by molar-refractivity contribution is 6.19. The lowest BCUT2D eigenvalue weighted by molar-refractivity contribution is -0.140. The molecule has 5 heteroatoms. The van der Waals surface area contributed by atoms with E-state index in [4.69, 9.17) is 11.6 Å². The first-order valence-electron chi connectivity index (χ1n) is 4.35. The van der Waals surface area contributed by atoms with Crippen molar-refractivity contribution in [3.63, 3.8) is 0 Å². The van der Waals surface area contributed by atoms with Crippen LogP contribution in [0.25, 0.3) is 0 Å². The number of rotatable bonds is 5. The van der Waals surface area contributed by atoms with Crippen molar-refractivity contribution < 1.29 is 14.3 Å². The molecule has 0 bridgehead atoms. The molecule has 82 valence electrons. The topological polar surface area (TPSA) is 55.4 Å². The predicted molar refractivity (Wildman–Crippen MR) is 54.1 cm³/mol. The maximum absolute atomic E-state index is 11.4. The molecule has 0 aromatic heterocycles. The summed E-state index contributed by atoms with van der Waals surface area (Å²) in [5.41, 5.74) is -0.600. The maximum Gasteiger partial charge on any atom is 0.307 e. The third-order valence-corrected chi connectivity index (χ3v) is 2.46. The van der Waals surface area contributed by atoms with Gasteiger partial charge in [-0.1, -0.05) is 0 Å². The van der Waals surface area contributed by atoms with E-state index in [2.05, 4.69) is 10.1 Å². The molecular weight excluding hydrogens is 206 g/mol. The van der Waals surface area contributed by atoms with E-state index in [1.807, 2.05) is 0 Å². The van der Waals surface area contributed by atoms with Crippen LogP contribution in [0.2, 0.25) is 0 Å². The number of halogens is 1. The van der Waals surface area contributed by atoms with Crippen molar-refractivity contribution in [1.82, 2.24) is 5.32 Å². The lowest BCUT2D eigenvalue weighted by Crippen LogP contribution is -2.39. The molecule has 0 heterocycles. The molecule has 1 amide bonds. The molecule has 0 saturated heterocycles. The van der Waals surface area contributed by atoms with Crippen LogP contribution >= 0.6 is 11.6 Å². The molecule has 0 rings (SSSR count). The lowest BCUT2D eigenvalue weighted by atomic mass is 9.95. The van der Waals surface area contributed by atoms with Gasteiger partial charge in [-0.2, -0.15) is 0 Å². The molecule has 0 aliphatic heterocycles. The smallest absolute Gasteiger partial charge is 0.307 e. The molecule has 0 radical (unpaired) electrons. The van der Waals surface area contributed by atoms with E-state index >= 15 is 0 Å². The minimum atomic E-state index is -0.600. The van der Waals surface area contributed by atoms with Crippen molar-refractivity contribution >= 4 is 23.5 Å². The summed E-state index contributed by atoms with van der Waals surface area (Å²) < 4.78 is 4.43.